The summed E-state index contributed by atoms with van der Waals surface area (Å²) in [5.74, 6) is 2.00. The molecule has 0 atom stereocenters. The molecule has 1 aromatic heterocycles. The largest absolute Gasteiger partial charge is 0.506 e. The Morgan fingerprint density at radius 1 is 0.970 bits per heavy atom. The van der Waals surface area contributed by atoms with Gasteiger partial charge in [-0.05, 0) is 49.7 Å². The van der Waals surface area contributed by atoms with Crippen molar-refractivity contribution in [3.05, 3.63) is 71.0 Å². The predicted octanol–water partition coefficient (Wildman–Crippen LogP) is 3.59. The lowest BCUT2D eigenvalue weighted by Crippen LogP contribution is -2.48. The van der Waals surface area contributed by atoms with Crippen molar-refractivity contribution in [3.63, 3.8) is 0 Å². The monoisotopic (exact) mass is 447 g/mol. The topological polar surface area (TPSA) is 67.2 Å². The molecule has 1 saturated heterocycles. The third-order valence-electron chi connectivity index (χ3n) is 6.61. The van der Waals surface area contributed by atoms with E-state index < -0.39 is 0 Å². The third-order valence-corrected chi connectivity index (χ3v) is 6.61. The van der Waals surface area contributed by atoms with Gasteiger partial charge in [0.15, 0.2) is 17.3 Å². The molecule has 7 heteroatoms. The molecule has 33 heavy (non-hydrogen) atoms. The van der Waals surface area contributed by atoms with E-state index in [9.17, 15) is 9.90 Å². The molecule has 1 fully saturated rings. The summed E-state index contributed by atoms with van der Waals surface area (Å²) in [7, 11) is 0. The second kappa shape index (κ2) is 8.83. The van der Waals surface area contributed by atoms with E-state index in [1.54, 1.807) is 6.07 Å². The number of nitrogens with zero attached hydrogens (tertiary/aromatic N) is 3. The van der Waals surface area contributed by atoms with Gasteiger partial charge < -0.3 is 24.0 Å². The van der Waals surface area contributed by atoms with E-state index in [4.69, 9.17) is 9.47 Å². The second-order valence-electron chi connectivity index (χ2n) is 8.73. The summed E-state index contributed by atoms with van der Waals surface area (Å²) < 4.78 is 13.1. The number of ether oxygens (including phenoxy) is 2. The van der Waals surface area contributed by atoms with Gasteiger partial charge in [-0.15, -0.1) is 0 Å². The molecule has 0 radical (unpaired) electrons. The zero-order valence-electron chi connectivity index (χ0n) is 19.1. The van der Waals surface area contributed by atoms with Crippen molar-refractivity contribution in [3.8, 4) is 17.2 Å². The first-order valence-corrected chi connectivity index (χ1v) is 11.3. The van der Waals surface area contributed by atoms with Crippen molar-refractivity contribution in [2.24, 2.45) is 0 Å². The minimum absolute atomic E-state index is 0.149. The highest BCUT2D eigenvalue weighted by atomic mass is 16.7. The van der Waals surface area contributed by atoms with Crippen LogP contribution in [0.15, 0.2) is 48.5 Å². The molecule has 0 amide bonds. The second-order valence-corrected chi connectivity index (χ2v) is 8.73. The fraction of sp³-hybridized carbons (Fsp3) is 0.346. The fourth-order valence-corrected chi connectivity index (χ4v) is 4.72. The molecule has 0 spiro atoms. The number of ketones is 1. The number of rotatable bonds is 6. The van der Waals surface area contributed by atoms with Gasteiger partial charge in [-0.25, -0.2) is 0 Å². The van der Waals surface area contributed by atoms with E-state index in [1.807, 2.05) is 56.3 Å². The van der Waals surface area contributed by atoms with Gasteiger partial charge in [-0.2, -0.15) is 0 Å². The molecule has 7 nitrogen and oxygen atoms in total. The summed E-state index contributed by atoms with van der Waals surface area (Å²) in [4.78, 5) is 17.5. The van der Waals surface area contributed by atoms with Crippen LogP contribution in [0.3, 0.4) is 0 Å². The number of hydrogen-bond donors (Lipinski definition) is 1. The number of phenolic OH excluding ortho intramolecular Hbond substituents is 1. The summed E-state index contributed by atoms with van der Waals surface area (Å²) in [5.41, 5.74) is 4.81. The average molecular weight is 448 g/mol. The molecular formula is C26H29N3O4. The highest BCUT2D eigenvalue weighted by Crippen LogP contribution is 2.33. The minimum Gasteiger partial charge on any atom is -0.506 e. The molecule has 1 N–H and O–H groups in total. The van der Waals surface area contributed by atoms with Gasteiger partial charge in [0.25, 0.3) is 0 Å². The molecule has 0 saturated carbocycles. The van der Waals surface area contributed by atoms with Crippen LogP contribution >= 0.6 is 0 Å². The van der Waals surface area contributed by atoms with Gasteiger partial charge in [0.05, 0.1) is 12.2 Å². The molecule has 172 valence electrons. The van der Waals surface area contributed by atoms with Crippen molar-refractivity contribution in [2.75, 3.05) is 44.4 Å². The van der Waals surface area contributed by atoms with Crippen LogP contribution in [0.4, 0.5) is 5.69 Å². The highest BCUT2D eigenvalue weighted by molar-refractivity contribution is 5.99. The Hall–Kier alpha value is -3.45. The number of para-hydroxylation sites is 2. The summed E-state index contributed by atoms with van der Waals surface area (Å²) in [5, 5.41) is 10.1. The minimum atomic E-state index is 0.149. The van der Waals surface area contributed by atoms with Gasteiger partial charge in [0.1, 0.15) is 5.75 Å². The Balaban J connectivity index is 1.23. The lowest BCUT2D eigenvalue weighted by molar-refractivity contribution is 0.0925. The Kier molecular flexibility index (Phi) is 5.72. The van der Waals surface area contributed by atoms with E-state index in [2.05, 4.69) is 14.4 Å². The standard InChI is InChI=1S/C26H29N3O4/c1-18-13-21(19(2)29(18)15-20-7-8-25-26(14-20)33-17-32-25)24(31)16-27-9-11-28(12-10-27)22-5-3-4-6-23(22)30/h3-8,13-14,30H,9-12,15-17H2,1-2H3. The molecule has 3 aromatic rings. The van der Waals surface area contributed by atoms with Gasteiger partial charge in [-0.1, -0.05) is 18.2 Å². The summed E-state index contributed by atoms with van der Waals surface area (Å²) >= 11 is 0. The molecule has 0 aliphatic carbocycles. The maximum atomic E-state index is 13.2. The number of aromatic hydroxyl groups is 1. The Morgan fingerprint density at radius 2 is 1.73 bits per heavy atom. The lowest BCUT2D eigenvalue weighted by Gasteiger charge is -2.35. The molecule has 5 rings (SSSR count). The number of hydrogen-bond acceptors (Lipinski definition) is 6. The molecule has 2 aromatic carbocycles. The number of piperazine rings is 1. The first kappa shape index (κ1) is 21.4. The van der Waals surface area contributed by atoms with Crippen molar-refractivity contribution in [2.45, 2.75) is 20.4 Å². The zero-order valence-corrected chi connectivity index (χ0v) is 19.1. The van der Waals surface area contributed by atoms with E-state index in [0.717, 1.165) is 65.9 Å². The van der Waals surface area contributed by atoms with Gasteiger partial charge >= 0.3 is 0 Å². The Bertz CT molecular complexity index is 1180. The van der Waals surface area contributed by atoms with Crippen LogP contribution in [-0.4, -0.2) is 59.9 Å². The predicted molar refractivity (Wildman–Crippen MR) is 127 cm³/mol. The Morgan fingerprint density at radius 3 is 2.52 bits per heavy atom. The molecule has 2 aliphatic heterocycles. The van der Waals surface area contributed by atoms with E-state index in [1.165, 1.54) is 0 Å². The van der Waals surface area contributed by atoms with Crippen LogP contribution < -0.4 is 14.4 Å². The first-order chi connectivity index (χ1) is 16.0. The number of benzene rings is 2. The normalized spacial score (nSPS) is 15.8. The number of aromatic nitrogens is 1. The highest BCUT2D eigenvalue weighted by Gasteiger charge is 2.23. The van der Waals surface area contributed by atoms with Crippen molar-refractivity contribution in [1.29, 1.82) is 0 Å². The van der Waals surface area contributed by atoms with Crippen LogP contribution in [0.25, 0.3) is 0 Å². The maximum Gasteiger partial charge on any atom is 0.231 e. The van der Waals surface area contributed by atoms with Crippen LogP contribution in [-0.2, 0) is 6.54 Å². The fourth-order valence-electron chi connectivity index (χ4n) is 4.72. The average Bonchev–Trinajstić information content (AvgIpc) is 3.39. The van der Waals surface area contributed by atoms with E-state index >= 15 is 0 Å². The van der Waals surface area contributed by atoms with Crippen molar-refractivity contribution < 1.29 is 19.4 Å². The van der Waals surface area contributed by atoms with Gasteiger partial charge in [0, 0.05) is 49.7 Å². The smallest absolute Gasteiger partial charge is 0.231 e. The number of anilines is 1. The van der Waals surface area contributed by atoms with E-state index in [0.29, 0.717) is 18.8 Å². The van der Waals surface area contributed by atoms with Gasteiger partial charge in [-0.3, -0.25) is 9.69 Å². The number of phenols is 1. The molecule has 2 aliphatic rings. The molecule has 0 unspecified atom stereocenters. The van der Waals surface area contributed by atoms with Crippen LogP contribution in [0.1, 0.15) is 27.3 Å². The summed E-state index contributed by atoms with van der Waals surface area (Å²) in [6.45, 7) is 8.56. The van der Waals surface area contributed by atoms with E-state index in [-0.39, 0.29) is 12.6 Å². The number of fused-ring (bicyclic) bond motifs is 1. The SMILES string of the molecule is Cc1cc(C(=O)CN2CCN(c3ccccc3O)CC2)c(C)n1Cc1ccc2c(c1)OCO2. The number of aryl methyl sites for hydroxylation is 1. The van der Waals surface area contributed by atoms with Crippen molar-refractivity contribution >= 4 is 11.5 Å². The van der Waals surface area contributed by atoms with Crippen LogP contribution in [0.2, 0.25) is 0 Å². The van der Waals surface area contributed by atoms with Crippen LogP contribution in [0.5, 0.6) is 17.2 Å². The Labute approximate surface area is 193 Å². The number of carbonyl (C=O) groups excluding carboxylic acids is 1. The quantitative estimate of drug-likeness (QED) is 0.583. The van der Waals surface area contributed by atoms with Crippen molar-refractivity contribution in [1.82, 2.24) is 9.47 Å². The number of Topliss-reactive ketones (excluding diaryl/α,β-unsaturated/α-hetero) is 1. The maximum absolute atomic E-state index is 13.2. The van der Waals surface area contributed by atoms with Crippen LogP contribution in [0, 0.1) is 13.8 Å². The summed E-state index contributed by atoms with van der Waals surface area (Å²) in [6.07, 6.45) is 0. The third kappa shape index (κ3) is 4.28. The molecule has 3 heterocycles. The first-order valence-electron chi connectivity index (χ1n) is 11.3. The molecular weight excluding hydrogens is 418 g/mol. The lowest BCUT2D eigenvalue weighted by atomic mass is 10.1. The number of carbonyl (C=O) groups is 1. The molecule has 0 bridgehead atoms. The summed E-state index contributed by atoms with van der Waals surface area (Å²) in [6, 6.07) is 15.4. The zero-order chi connectivity index (χ0) is 22.9. The van der Waals surface area contributed by atoms with Gasteiger partial charge in [0.2, 0.25) is 6.79 Å².